The molecule has 0 bridgehead atoms. The second-order valence-corrected chi connectivity index (χ2v) is 7.94. The number of hydrogen-bond acceptors (Lipinski definition) is 9. The fourth-order valence-corrected chi connectivity index (χ4v) is 3.31. The van der Waals surface area contributed by atoms with E-state index in [0.29, 0.717) is 57.2 Å². The number of nitrogens with one attached hydrogen (secondary N) is 2. The maximum atomic E-state index is 13.2. The van der Waals surface area contributed by atoms with Gasteiger partial charge in [-0.2, -0.15) is 0 Å². The Labute approximate surface area is 223 Å². The molecule has 0 aliphatic carbocycles. The Morgan fingerprint density at radius 1 is 1.08 bits per heavy atom. The molecule has 0 spiro atoms. The Morgan fingerprint density at radius 3 is 2.34 bits per heavy atom. The maximum Gasteiger partial charge on any atom is 0.261 e. The number of aliphatic hydroxyl groups is 1. The first-order valence-electron chi connectivity index (χ1n) is 12.3. The first kappa shape index (κ1) is 32.7. The monoisotopic (exact) mass is 537 g/mol. The standard InChI is InChI=1S/C26H39N3O9/c1-4-5-8-22(25(33)27-3)29(19-31)26(34)21-7-6-9-23(20(21)2)38-18-24(32)28-10-12-35-14-16-37-17-15-36-13-11-30/h4,6-7,9,19,22,30H,1,5,8,10-18H2,2-3H3,(H,27,33)(H,28,32). The first-order valence-corrected chi connectivity index (χ1v) is 12.3. The number of likely N-dealkylation sites (N-methyl/N-ethyl adjacent to an activating group) is 1. The van der Waals surface area contributed by atoms with Gasteiger partial charge in [-0.3, -0.25) is 24.1 Å². The molecule has 1 rings (SSSR count). The molecule has 0 heterocycles. The molecular formula is C26H39N3O9. The molecule has 4 amide bonds. The van der Waals surface area contributed by atoms with Gasteiger partial charge in [-0.05, 0) is 31.9 Å². The van der Waals surface area contributed by atoms with Gasteiger partial charge in [0, 0.05) is 24.7 Å². The van der Waals surface area contributed by atoms with Crippen molar-refractivity contribution in [2.24, 2.45) is 0 Å². The van der Waals surface area contributed by atoms with Crippen molar-refractivity contribution in [2.75, 3.05) is 66.4 Å². The van der Waals surface area contributed by atoms with Gasteiger partial charge >= 0.3 is 0 Å². The average Bonchev–Trinajstić information content (AvgIpc) is 2.92. The van der Waals surface area contributed by atoms with E-state index in [-0.39, 0.29) is 44.3 Å². The van der Waals surface area contributed by atoms with Crippen LogP contribution in [0.15, 0.2) is 30.9 Å². The molecule has 0 fully saturated rings. The number of carbonyl (C=O) groups excluding carboxylic acids is 4. The number of carbonyl (C=O) groups is 4. The highest BCUT2D eigenvalue weighted by molar-refractivity contribution is 6.04. The maximum absolute atomic E-state index is 13.2. The van der Waals surface area contributed by atoms with Crippen molar-refractivity contribution in [3.8, 4) is 5.75 Å². The van der Waals surface area contributed by atoms with E-state index in [0.717, 1.165) is 4.90 Å². The average molecular weight is 538 g/mol. The van der Waals surface area contributed by atoms with Gasteiger partial charge in [-0.15, -0.1) is 6.58 Å². The van der Waals surface area contributed by atoms with E-state index in [4.69, 9.17) is 24.1 Å². The lowest BCUT2D eigenvalue weighted by Crippen LogP contribution is -2.48. The third kappa shape index (κ3) is 11.8. The number of amides is 4. The fourth-order valence-electron chi connectivity index (χ4n) is 3.31. The number of allylic oxidation sites excluding steroid dienone is 1. The van der Waals surface area contributed by atoms with E-state index in [1.807, 2.05) is 0 Å². The summed E-state index contributed by atoms with van der Waals surface area (Å²) in [5, 5.41) is 13.7. The summed E-state index contributed by atoms with van der Waals surface area (Å²) in [4.78, 5) is 50.2. The fraction of sp³-hybridized carbons (Fsp3) is 0.538. The van der Waals surface area contributed by atoms with Crippen LogP contribution in [0.1, 0.15) is 28.8 Å². The van der Waals surface area contributed by atoms with E-state index in [1.165, 1.54) is 13.1 Å². The summed E-state index contributed by atoms with van der Waals surface area (Å²) in [7, 11) is 1.43. The summed E-state index contributed by atoms with van der Waals surface area (Å²) in [5.74, 6) is -1.19. The lowest BCUT2D eigenvalue weighted by Gasteiger charge is -2.26. The zero-order valence-corrected chi connectivity index (χ0v) is 22.1. The van der Waals surface area contributed by atoms with Gasteiger partial charge < -0.3 is 34.7 Å². The van der Waals surface area contributed by atoms with Crippen LogP contribution < -0.4 is 15.4 Å². The molecular weight excluding hydrogens is 498 g/mol. The van der Waals surface area contributed by atoms with Gasteiger partial charge in [-0.25, -0.2) is 0 Å². The van der Waals surface area contributed by atoms with E-state index >= 15 is 0 Å². The van der Waals surface area contributed by atoms with E-state index in [1.54, 1.807) is 25.1 Å². The predicted octanol–water partition coefficient (Wildman–Crippen LogP) is 0.212. The summed E-state index contributed by atoms with van der Waals surface area (Å²) in [6.07, 6.45) is 2.62. The van der Waals surface area contributed by atoms with Crippen LogP contribution in [0.2, 0.25) is 0 Å². The highest BCUT2D eigenvalue weighted by atomic mass is 16.5. The molecule has 1 atom stereocenters. The largest absolute Gasteiger partial charge is 0.483 e. The molecule has 0 aliphatic rings. The Hall–Kier alpha value is -3.32. The molecule has 0 saturated carbocycles. The van der Waals surface area contributed by atoms with Crippen LogP contribution in [-0.2, 0) is 28.6 Å². The van der Waals surface area contributed by atoms with Crippen molar-refractivity contribution >= 4 is 24.1 Å². The van der Waals surface area contributed by atoms with E-state index in [9.17, 15) is 19.2 Å². The van der Waals surface area contributed by atoms with Crippen molar-refractivity contribution in [1.29, 1.82) is 0 Å². The van der Waals surface area contributed by atoms with Crippen LogP contribution in [0, 0.1) is 6.92 Å². The van der Waals surface area contributed by atoms with Crippen molar-refractivity contribution in [3.63, 3.8) is 0 Å². The van der Waals surface area contributed by atoms with E-state index < -0.39 is 17.9 Å². The second kappa shape index (κ2) is 19.7. The van der Waals surface area contributed by atoms with Crippen LogP contribution in [0.5, 0.6) is 5.75 Å². The molecule has 12 heteroatoms. The SMILES string of the molecule is C=CCCC(C(=O)NC)N(C=O)C(=O)c1cccc(OCC(=O)NCCOCCOCCOCCO)c1C. The van der Waals surface area contributed by atoms with Gasteiger partial charge in [0.1, 0.15) is 11.8 Å². The molecule has 12 nitrogen and oxygen atoms in total. The topological polar surface area (TPSA) is 153 Å². The third-order valence-electron chi connectivity index (χ3n) is 5.30. The van der Waals surface area contributed by atoms with Crippen LogP contribution in [-0.4, -0.2) is 107 Å². The minimum absolute atomic E-state index is 0.0246. The van der Waals surface area contributed by atoms with Crippen molar-refractivity contribution in [1.82, 2.24) is 15.5 Å². The summed E-state index contributed by atoms with van der Waals surface area (Å²) in [5.41, 5.74) is 0.611. The summed E-state index contributed by atoms with van der Waals surface area (Å²) in [6.45, 7) is 7.34. The van der Waals surface area contributed by atoms with Crippen molar-refractivity contribution < 1.29 is 43.2 Å². The van der Waals surface area contributed by atoms with Gasteiger partial charge in [0.25, 0.3) is 11.8 Å². The molecule has 212 valence electrons. The van der Waals surface area contributed by atoms with Gasteiger partial charge in [0.05, 0.1) is 46.2 Å². The van der Waals surface area contributed by atoms with Crippen LogP contribution in [0.25, 0.3) is 0 Å². The summed E-state index contributed by atoms with van der Waals surface area (Å²) >= 11 is 0. The van der Waals surface area contributed by atoms with Crippen molar-refractivity contribution in [3.05, 3.63) is 42.0 Å². The number of nitrogens with zero attached hydrogens (tertiary/aromatic N) is 1. The number of rotatable bonds is 21. The third-order valence-corrected chi connectivity index (χ3v) is 5.30. The minimum Gasteiger partial charge on any atom is -0.483 e. The molecule has 3 N–H and O–H groups in total. The normalized spacial score (nSPS) is 11.3. The first-order chi connectivity index (χ1) is 18.4. The Balaban J connectivity index is 2.54. The molecule has 0 saturated heterocycles. The number of imide groups is 1. The zero-order valence-electron chi connectivity index (χ0n) is 22.1. The Kier molecular flexibility index (Phi) is 17.0. The molecule has 0 aromatic heterocycles. The summed E-state index contributed by atoms with van der Waals surface area (Å²) < 4.78 is 21.3. The number of ether oxygens (including phenoxy) is 4. The highest BCUT2D eigenvalue weighted by Crippen LogP contribution is 2.23. The molecule has 0 aliphatic heterocycles. The highest BCUT2D eigenvalue weighted by Gasteiger charge is 2.30. The molecule has 1 aromatic rings. The molecule has 38 heavy (non-hydrogen) atoms. The lowest BCUT2D eigenvalue weighted by molar-refractivity contribution is -0.130. The van der Waals surface area contributed by atoms with Gasteiger partial charge in [-0.1, -0.05) is 12.1 Å². The Bertz CT molecular complexity index is 895. The van der Waals surface area contributed by atoms with Crippen LogP contribution >= 0.6 is 0 Å². The lowest BCUT2D eigenvalue weighted by atomic mass is 10.0. The molecule has 1 aromatic carbocycles. The smallest absolute Gasteiger partial charge is 0.261 e. The Morgan fingerprint density at radius 2 is 1.74 bits per heavy atom. The molecule has 0 radical (unpaired) electrons. The summed E-state index contributed by atoms with van der Waals surface area (Å²) in [6, 6.07) is 3.72. The molecule has 1 unspecified atom stereocenters. The van der Waals surface area contributed by atoms with Gasteiger partial charge in [0.15, 0.2) is 6.61 Å². The predicted molar refractivity (Wildman–Crippen MR) is 139 cm³/mol. The number of benzene rings is 1. The number of hydrogen-bond donors (Lipinski definition) is 3. The number of aliphatic hydroxyl groups excluding tert-OH is 1. The van der Waals surface area contributed by atoms with E-state index in [2.05, 4.69) is 17.2 Å². The second-order valence-electron chi connectivity index (χ2n) is 7.94. The quantitative estimate of drug-likeness (QED) is 0.113. The van der Waals surface area contributed by atoms with Crippen LogP contribution in [0.3, 0.4) is 0 Å². The van der Waals surface area contributed by atoms with Gasteiger partial charge in [0.2, 0.25) is 12.3 Å². The van der Waals surface area contributed by atoms with Crippen molar-refractivity contribution in [2.45, 2.75) is 25.8 Å². The minimum atomic E-state index is -0.989. The zero-order chi connectivity index (χ0) is 28.2. The van der Waals surface area contributed by atoms with Crippen LogP contribution in [0.4, 0.5) is 0 Å².